The Kier molecular flexibility index (Phi) is 3.53. The first-order valence-electron chi connectivity index (χ1n) is 5.90. The van der Waals surface area contributed by atoms with Crippen LogP contribution in [0.25, 0.3) is 0 Å². The van der Waals surface area contributed by atoms with Crippen LogP contribution in [0.4, 0.5) is 4.39 Å². The van der Waals surface area contributed by atoms with Crippen molar-refractivity contribution in [3.05, 3.63) is 35.6 Å². The van der Waals surface area contributed by atoms with Crippen molar-refractivity contribution < 1.29 is 24.2 Å². The summed E-state index contributed by atoms with van der Waals surface area (Å²) >= 11 is 0. The number of aliphatic hydroxyl groups is 1. The Morgan fingerprint density at radius 3 is 2.32 bits per heavy atom. The molecule has 3 N–H and O–H groups in total. The minimum Gasteiger partial charge on any atom is -0.480 e. The lowest BCUT2D eigenvalue weighted by molar-refractivity contribution is -0.143. The zero-order chi connectivity index (χ0) is 14.0. The predicted molar refractivity (Wildman–Crippen MR) is 64.0 cm³/mol. The maximum absolute atomic E-state index is 12.9. The van der Waals surface area contributed by atoms with E-state index in [0.717, 1.165) is 0 Å². The van der Waals surface area contributed by atoms with E-state index in [1.165, 1.54) is 24.3 Å². The largest absolute Gasteiger partial charge is 0.480 e. The van der Waals surface area contributed by atoms with Crippen LogP contribution in [0.5, 0.6) is 0 Å². The number of nitrogens with one attached hydrogen (secondary N) is 1. The predicted octanol–water partition coefficient (Wildman–Crippen LogP) is 0.419. The molecular formula is C13H14FNO4. The molecule has 1 atom stereocenters. The number of amides is 1. The van der Waals surface area contributed by atoms with Gasteiger partial charge in [-0.05, 0) is 30.5 Å². The van der Waals surface area contributed by atoms with E-state index in [4.69, 9.17) is 10.2 Å². The SMILES string of the molecule is O=C(O)[C@@H](CO)NC(=O)C1(c2ccc(F)cc2)CC1. The molecule has 0 heterocycles. The van der Waals surface area contributed by atoms with Gasteiger partial charge >= 0.3 is 5.97 Å². The number of carboxylic acid groups (broad SMARTS) is 1. The fraction of sp³-hybridized carbons (Fsp3) is 0.385. The number of hydrogen-bond acceptors (Lipinski definition) is 3. The van der Waals surface area contributed by atoms with Crippen LogP contribution in [0.1, 0.15) is 18.4 Å². The maximum Gasteiger partial charge on any atom is 0.328 e. The van der Waals surface area contributed by atoms with Crippen molar-refractivity contribution in [2.24, 2.45) is 0 Å². The summed E-state index contributed by atoms with van der Waals surface area (Å²) in [5.74, 6) is -2.12. The first-order valence-corrected chi connectivity index (χ1v) is 5.90. The van der Waals surface area contributed by atoms with Crippen molar-refractivity contribution >= 4 is 11.9 Å². The highest BCUT2D eigenvalue weighted by Crippen LogP contribution is 2.48. The molecule has 1 aliphatic rings. The number of carboxylic acids is 1. The number of halogens is 1. The van der Waals surface area contributed by atoms with Crippen LogP contribution < -0.4 is 5.32 Å². The lowest BCUT2D eigenvalue weighted by Gasteiger charge is -2.18. The lowest BCUT2D eigenvalue weighted by atomic mass is 9.94. The Bertz CT molecular complexity index is 496. The molecule has 1 aromatic rings. The zero-order valence-corrected chi connectivity index (χ0v) is 10.1. The lowest BCUT2D eigenvalue weighted by Crippen LogP contribution is -2.47. The van der Waals surface area contributed by atoms with Gasteiger partial charge in [-0.2, -0.15) is 0 Å². The first kappa shape index (κ1) is 13.5. The van der Waals surface area contributed by atoms with Crippen LogP contribution in [0, 0.1) is 5.82 Å². The number of aliphatic hydroxyl groups excluding tert-OH is 1. The molecule has 0 aliphatic heterocycles. The van der Waals surface area contributed by atoms with Gasteiger partial charge in [-0.1, -0.05) is 12.1 Å². The standard InChI is InChI=1S/C13H14FNO4/c14-9-3-1-8(2-4-9)13(5-6-13)12(19)15-10(7-16)11(17)18/h1-4,10,16H,5-7H2,(H,15,19)(H,17,18)/t10-/m1/s1. The molecule has 0 unspecified atom stereocenters. The molecule has 1 fully saturated rings. The van der Waals surface area contributed by atoms with Crippen LogP contribution in [-0.2, 0) is 15.0 Å². The summed E-state index contributed by atoms with van der Waals surface area (Å²) in [4.78, 5) is 22.9. The molecule has 19 heavy (non-hydrogen) atoms. The highest BCUT2D eigenvalue weighted by Gasteiger charge is 2.51. The second kappa shape index (κ2) is 4.97. The molecule has 1 saturated carbocycles. The summed E-state index contributed by atoms with van der Waals surface area (Å²) in [5.41, 5.74) is -0.121. The Balaban J connectivity index is 2.14. The molecule has 0 saturated heterocycles. The van der Waals surface area contributed by atoms with E-state index in [-0.39, 0.29) is 0 Å². The average molecular weight is 267 g/mol. The average Bonchev–Trinajstić information content (AvgIpc) is 3.17. The number of aliphatic carboxylic acids is 1. The zero-order valence-electron chi connectivity index (χ0n) is 10.1. The summed E-state index contributed by atoms with van der Waals surface area (Å²) in [5, 5.41) is 20.0. The summed E-state index contributed by atoms with van der Waals surface area (Å²) in [6, 6.07) is 4.27. The number of hydrogen-bond donors (Lipinski definition) is 3. The number of carbonyl (C=O) groups is 2. The van der Waals surface area contributed by atoms with Crippen molar-refractivity contribution in [3.8, 4) is 0 Å². The molecule has 5 nitrogen and oxygen atoms in total. The summed E-state index contributed by atoms with van der Waals surface area (Å²) < 4.78 is 12.9. The van der Waals surface area contributed by atoms with Crippen molar-refractivity contribution in [1.29, 1.82) is 0 Å². The number of rotatable bonds is 5. The van der Waals surface area contributed by atoms with Crippen LogP contribution >= 0.6 is 0 Å². The van der Waals surface area contributed by atoms with Gasteiger partial charge in [-0.15, -0.1) is 0 Å². The van der Waals surface area contributed by atoms with Crippen LogP contribution in [0.2, 0.25) is 0 Å². The minimum absolute atomic E-state index is 0.390. The molecule has 0 aromatic heterocycles. The second-order valence-electron chi connectivity index (χ2n) is 4.64. The summed E-state index contributed by atoms with van der Waals surface area (Å²) in [7, 11) is 0. The van der Waals surface area contributed by atoms with Gasteiger partial charge in [0.1, 0.15) is 11.9 Å². The molecule has 1 amide bonds. The third-order valence-electron chi connectivity index (χ3n) is 3.37. The maximum atomic E-state index is 12.9. The van der Waals surface area contributed by atoms with Crippen molar-refractivity contribution in [2.45, 2.75) is 24.3 Å². The fourth-order valence-corrected chi connectivity index (χ4v) is 2.02. The van der Waals surface area contributed by atoms with E-state index >= 15 is 0 Å². The van der Waals surface area contributed by atoms with E-state index in [1.807, 2.05) is 0 Å². The molecule has 102 valence electrons. The molecule has 2 rings (SSSR count). The van der Waals surface area contributed by atoms with E-state index in [9.17, 15) is 14.0 Å². The van der Waals surface area contributed by atoms with Crippen molar-refractivity contribution in [1.82, 2.24) is 5.32 Å². The minimum atomic E-state index is -1.31. The first-order chi connectivity index (χ1) is 8.99. The van der Waals surface area contributed by atoms with E-state index in [0.29, 0.717) is 18.4 Å². The van der Waals surface area contributed by atoms with Gasteiger partial charge in [0.2, 0.25) is 5.91 Å². The Morgan fingerprint density at radius 1 is 1.32 bits per heavy atom. The van der Waals surface area contributed by atoms with Gasteiger partial charge in [-0.3, -0.25) is 4.79 Å². The quantitative estimate of drug-likeness (QED) is 0.721. The summed E-state index contributed by atoms with van der Waals surface area (Å²) in [6.07, 6.45) is 1.17. The van der Waals surface area contributed by atoms with Crippen LogP contribution in [-0.4, -0.2) is 34.7 Å². The normalized spacial score (nSPS) is 17.6. The summed E-state index contributed by atoms with van der Waals surface area (Å²) in [6.45, 7) is -0.666. The fourth-order valence-electron chi connectivity index (χ4n) is 2.02. The van der Waals surface area contributed by atoms with E-state index in [2.05, 4.69) is 5.32 Å². The third-order valence-corrected chi connectivity index (χ3v) is 3.37. The van der Waals surface area contributed by atoms with Gasteiger partial charge in [0, 0.05) is 0 Å². The van der Waals surface area contributed by atoms with Gasteiger partial charge in [0.25, 0.3) is 0 Å². The van der Waals surface area contributed by atoms with Gasteiger partial charge in [0.15, 0.2) is 0 Å². The van der Waals surface area contributed by atoms with Gasteiger partial charge < -0.3 is 15.5 Å². The molecule has 0 radical (unpaired) electrons. The van der Waals surface area contributed by atoms with Crippen molar-refractivity contribution in [3.63, 3.8) is 0 Å². The Morgan fingerprint density at radius 2 is 1.89 bits per heavy atom. The molecule has 0 bridgehead atoms. The van der Waals surface area contributed by atoms with E-state index in [1.54, 1.807) is 0 Å². The molecule has 1 aromatic carbocycles. The molecule has 0 spiro atoms. The topological polar surface area (TPSA) is 86.6 Å². The highest BCUT2D eigenvalue weighted by molar-refractivity contribution is 5.94. The smallest absolute Gasteiger partial charge is 0.328 e. The second-order valence-corrected chi connectivity index (χ2v) is 4.64. The molecule has 1 aliphatic carbocycles. The molecule has 6 heteroatoms. The number of carbonyl (C=O) groups excluding carboxylic acids is 1. The van der Waals surface area contributed by atoms with Crippen molar-refractivity contribution in [2.75, 3.05) is 6.61 Å². The molecular weight excluding hydrogens is 253 g/mol. The Labute approximate surface area is 109 Å². The van der Waals surface area contributed by atoms with Gasteiger partial charge in [-0.25, -0.2) is 9.18 Å². The monoisotopic (exact) mass is 267 g/mol. The van der Waals surface area contributed by atoms with Crippen LogP contribution in [0.15, 0.2) is 24.3 Å². The third kappa shape index (κ3) is 2.58. The van der Waals surface area contributed by atoms with Gasteiger partial charge in [0.05, 0.1) is 12.0 Å². The highest BCUT2D eigenvalue weighted by atomic mass is 19.1. The Hall–Kier alpha value is -1.95. The number of benzene rings is 1. The van der Waals surface area contributed by atoms with Crippen LogP contribution in [0.3, 0.4) is 0 Å². The van der Waals surface area contributed by atoms with E-state index < -0.39 is 35.8 Å².